The Morgan fingerprint density at radius 2 is 1.81 bits per heavy atom. The van der Waals surface area contributed by atoms with E-state index in [0.29, 0.717) is 34.4 Å². The predicted molar refractivity (Wildman–Crippen MR) is 102 cm³/mol. The molecule has 2 aromatic rings. The maximum absolute atomic E-state index is 13.7. The van der Waals surface area contributed by atoms with Crippen molar-refractivity contribution >= 4 is 27.3 Å². The molecule has 0 atom stereocenters. The molecule has 1 aromatic heterocycles. The van der Waals surface area contributed by atoms with Crippen molar-refractivity contribution in [1.29, 1.82) is 0 Å². The van der Waals surface area contributed by atoms with Gasteiger partial charge in [-0.05, 0) is 55.5 Å². The Morgan fingerprint density at radius 3 is 2.26 bits per heavy atom. The van der Waals surface area contributed by atoms with Crippen LogP contribution in [0.2, 0.25) is 0 Å². The van der Waals surface area contributed by atoms with E-state index >= 15 is 0 Å². The summed E-state index contributed by atoms with van der Waals surface area (Å²) in [6, 6.07) is 2.74. The number of sulfonamides is 1. The van der Waals surface area contributed by atoms with E-state index in [2.05, 4.69) is 4.98 Å². The van der Waals surface area contributed by atoms with E-state index in [9.17, 15) is 22.7 Å². The van der Waals surface area contributed by atoms with Crippen LogP contribution in [0.5, 0.6) is 0 Å². The first-order chi connectivity index (χ1) is 12.5. The third-order valence-corrected chi connectivity index (χ3v) is 7.14. The van der Waals surface area contributed by atoms with Crippen LogP contribution in [-0.4, -0.2) is 24.4 Å². The summed E-state index contributed by atoms with van der Waals surface area (Å²) in [5.41, 5.74) is 0.775. The number of halogens is 1. The summed E-state index contributed by atoms with van der Waals surface area (Å²) in [7, 11) is -4.14. The normalized spacial score (nSPS) is 12.2. The van der Waals surface area contributed by atoms with E-state index in [0.717, 1.165) is 11.3 Å². The van der Waals surface area contributed by atoms with Gasteiger partial charge in [0.1, 0.15) is 5.82 Å². The highest BCUT2D eigenvalue weighted by atomic mass is 32.2. The Kier molecular flexibility index (Phi) is 6.39. The summed E-state index contributed by atoms with van der Waals surface area (Å²) in [5, 5.41) is 9.94. The van der Waals surface area contributed by atoms with Crippen molar-refractivity contribution in [3.63, 3.8) is 0 Å². The van der Waals surface area contributed by atoms with Crippen LogP contribution in [0.4, 0.5) is 4.39 Å². The minimum atomic E-state index is -4.14. The Bertz CT molecular complexity index is 922. The molecule has 0 aliphatic carbocycles. The number of carbonyl (C=O) groups is 1. The molecule has 1 amide bonds. The fourth-order valence-electron chi connectivity index (χ4n) is 2.67. The Hall–Kier alpha value is -1.84. The van der Waals surface area contributed by atoms with Crippen molar-refractivity contribution in [1.82, 2.24) is 9.71 Å². The first-order valence-corrected chi connectivity index (χ1v) is 10.8. The Balaban J connectivity index is 2.24. The molecular weight excluding hydrogens is 391 g/mol. The second-order valence-electron chi connectivity index (χ2n) is 6.66. The average Bonchev–Trinajstić information content (AvgIpc) is 3.06. The van der Waals surface area contributed by atoms with Gasteiger partial charge in [-0.15, -0.1) is 11.3 Å². The van der Waals surface area contributed by atoms with E-state index in [1.54, 1.807) is 0 Å². The molecule has 0 bridgehead atoms. The fraction of sp³-hybridized carbons (Fsp3) is 0.444. The number of aliphatic hydroxyl groups is 1. The number of hydrogen-bond donors (Lipinski definition) is 2. The van der Waals surface area contributed by atoms with Crippen LogP contribution in [0.1, 0.15) is 49.3 Å². The molecule has 0 saturated carbocycles. The molecule has 1 aromatic carbocycles. The minimum Gasteiger partial charge on any atom is -0.385 e. The first-order valence-electron chi connectivity index (χ1n) is 8.52. The van der Waals surface area contributed by atoms with Crippen LogP contribution in [0.15, 0.2) is 22.7 Å². The van der Waals surface area contributed by atoms with Gasteiger partial charge >= 0.3 is 0 Å². The van der Waals surface area contributed by atoms with Gasteiger partial charge in [0.2, 0.25) is 10.2 Å². The molecule has 0 saturated heterocycles. The lowest BCUT2D eigenvalue weighted by Gasteiger charge is -2.14. The van der Waals surface area contributed by atoms with Crippen molar-refractivity contribution < 1.29 is 22.7 Å². The largest absolute Gasteiger partial charge is 0.385 e. The molecule has 6 nitrogen and oxygen atoms in total. The lowest BCUT2D eigenvalue weighted by molar-refractivity contribution is -0.118. The van der Waals surface area contributed by atoms with Gasteiger partial charge in [-0.2, -0.15) is 8.42 Å². The SMILES string of the molecule is CCc1cc(F)cc(CC)c1CC(=O)NS(=O)(=O)c1ncc(C(C)(C)O)s1. The molecule has 9 heteroatoms. The van der Waals surface area contributed by atoms with Gasteiger partial charge in [0.25, 0.3) is 10.0 Å². The zero-order valence-corrected chi connectivity index (χ0v) is 17.3. The third-order valence-electron chi connectivity index (χ3n) is 4.06. The highest BCUT2D eigenvalue weighted by Gasteiger charge is 2.26. The van der Waals surface area contributed by atoms with E-state index < -0.39 is 21.5 Å². The zero-order chi connectivity index (χ0) is 20.4. The number of aryl methyl sites for hydroxylation is 2. The van der Waals surface area contributed by atoms with Crippen LogP contribution < -0.4 is 4.72 Å². The topological polar surface area (TPSA) is 96.4 Å². The number of benzene rings is 1. The summed E-state index contributed by atoms with van der Waals surface area (Å²) >= 11 is 0.799. The van der Waals surface area contributed by atoms with Crippen molar-refractivity contribution in [2.45, 2.75) is 56.9 Å². The average molecular weight is 415 g/mol. The van der Waals surface area contributed by atoms with Crippen molar-refractivity contribution in [2.75, 3.05) is 0 Å². The van der Waals surface area contributed by atoms with Gasteiger partial charge in [0.05, 0.1) is 16.9 Å². The van der Waals surface area contributed by atoms with Gasteiger partial charge < -0.3 is 5.11 Å². The van der Waals surface area contributed by atoms with E-state index in [1.807, 2.05) is 18.6 Å². The van der Waals surface area contributed by atoms with E-state index in [1.165, 1.54) is 32.2 Å². The number of nitrogens with one attached hydrogen (secondary N) is 1. The van der Waals surface area contributed by atoms with E-state index in [4.69, 9.17) is 0 Å². The molecule has 148 valence electrons. The number of aromatic nitrogens is 1. The second kappa shape index (κ2) is 8.04. The second-order valence-corrected chi connectivity index (χ2v) is 9.55. The molecule has 0 fully saturated rings. The highest BCUT2D eigenvalue weighted by Crippen LogP contribution is 2.28. The Labute approximate surface area is 162 Å². The monoisotopic (exact) mass is 414 g/mol. The van der Waals surface area contributed by atoms with Crippen molar-refractivity contribution in [3.8, 4) is 0 Å². The predicted octanol–water partition coefficient (Wildman–Crippen LogP) is 2.68. The summed E-state index contributed by atoms with van der Waals surface area (Å²) in [6.45, 7) is 6.73. The number of hydrogen-bond acceptors (Lipinski definition) is 6. The summed E-state index contributed by atoms with van der Waals surface area (Å²) in [6.07, 6.45) is 2.16. The standard InChI is InChI=1S/C18H23FN2O4S2/c1-5-11-7-13(19)8-12(6-2)14(11)9-16(22)21-27(24,25)17-20-10-15(26-17)18(3,4)23/h7-8,10,23H,5-6,9H2,1-4H3,(H,21,22). The zero-order valence-electron chi connectivity index (χ0n) is 15.7. The molecule has 2 N–H and O–H groups in total. The molecule has 0 aliphatic rings. The van der Waals surface area contributed by atoms with Gasteiger partial charge in [-0.3, -0.25) is 4.79 Å². The minimum absolute atomic E-state index is 0.171. The van der Waals surface area contributed by atoms with Gasteiger partial charge in [-0.1, -0.05) is 13.8 Å². The highest BCUT2D eigenvalue weighted by molar-refractivity contribution is 7.92. The maximum Gasteiger partial charge on any atom is 0.291 e. The third kappa shape index (κ3) is 5.12. The number of amides is 1. The van der Waals surface area contributed by atoms with Crippen molar-refractivity contribution in [2.24, 2.45) is 0 Å². The van der Waals surface area contributed by atoms with E-state index in [-0.39, 0.29) is 16.6 Å². The summed E-state index contributed by atoms with van der Waals surface area (Å²) in [4.78, 5) is 16.5. The van der Waals surface area contributed by atoms with Gasteiger partial charge in [-0.25, -0.2) is 14.1 Å². The number of nitrogens with zero attached hydrogens (tertiary/aromatic N) is 1. The molecular formula is C18H23FN2O4S2. The quantitative estimate of drug-likeness (QED) is 0.726. The molecule has 2 rings (SSSR count). The lowest BCUT2D eigenvalue weighted by Crippen LogP contribution is -2.32. The van der Waals surface area contributed by atoms with Crippen LogP contribution in [-0.2, 0) is 39.7 Å². The van der Waals surface area contributed by atoms with Crippen LogP contribution in [0.25, 0.3) is 0 Å². The molecule has 27 heavy (non-hydrogen) atoms. The number of thiazole rings is 1. The van der Waals surface area contributed by atoms with Gasteiger partial charge in [0, 0.05) is 6.20 Å². The first kappa shape index (κ1) is 21.5. The molecule has 0 aliphatic heterocycles. The molecule has 0 spiro atoms. The number of carbonyl (C=O) groups excluding carboxylic acids is 1. The summed E-state index contributed by atoms with van der Waals surface area (Å²) < 4.78 is 40.2. The van der Waals surface area contributed by atoms with Crippen LogP contribution in [0, 0.1) is 5.82 Å². The van der Waals surface area contributed by atoms with Gasteiger partial charge in [0.15, 0.2) is 0 Å². The summed E-state index contributed by atoms with van der Waals surface area (Å²) in [5.74, 6) is -1.09. The van der Waals surface area contributed by atoms with Crippen LogP contribution in [0.3, 0.4) is 0 Å². The van der Waals surface area contributed by atoms with Crippen LogP contribution >= 0.6 is 11.3 Å². The maximum atomic E-state index is 13.7. The van der Waals surface area contributed by atoms with Crippen molar-refractivity contribution in [3.05, 3.63) is 45.7 Å². The smallest absolute Gasteiger partial charge is 0.291 e. The molecule has 1 heterocycles. The molecule has 0 unspecified atom stereocenters. The molecule has 0 radical (unpaired) electrons. The Morgan fingerprint density at radius 1 is 1.26 bits per heavy atom. The fourth-order valence-corrected chi connectivity index (χ4v) is 4.80. The lowest BCUT2D eigenvalue weighted by atomic mass is 9.95. The number of rotatable bonds is 7.